The number of nitrogens with zero attached hydrogens (tertiary/aromatic N) is 3. The van der Waals surface area contributed by atoms with E-state index in [2.05, 4.69) is 24.1 Å². The minimum atomic E-state index is -0.272. The van der Waals surface area contributed by atoms with Crippen LogP contribution >= 0.6 is 0 Å². The van der Waals surface area contributed by atoms with Crippen molar-refractivity contribution in [2.75, 3.05) is 32.7 Å². The fourth-order valence-electron chi connectivity index (χ4n) is 3.89. The Hall–Kier alpha value is -1.30. The number of aliphatic hydroxyl groups is 1. The van der Waals surface area contributed by atoms with Crippen LogP contribution in [0.5, 0.6) is 0 Å². The van der Waals surface area contributed by atoms with E-state index in [1.165, 1.54) is 0 Å². The summed E-state index contributed by atoms with van der Waals surface area (Å²) in [5.41, 5.74) is -0.140. The first-order valence-electron chi connectivity index (χ1n) is 9.54. The molecule has 0 aromatic carbocycles. The van der Waals surface area contributed by atoms with Crippen molar-refractivity contribution in [3.63, 3.8) is 0 Å². The number of nitrogens with one attached hydrogen (secondary N) is 1. The highest BCUT2D eigenvalue weighted by atomic mass is 16.3. The van der Waals surface area contributed by atoms with Crippen LogP contribution in [-0.4, -0.2) is 71.6 Å². The zero-order valence-electron chi connectivity index (χ0n) is 15.1. The normalized spacial score (nSPS) is 32.2. The Balaban J connectivity index is 1.64. The zero-order valence-corrected chi connectivity index (χ0v) is 15.1. The molecule has 2 saturated carbocycles. The maximum Gasteiger partial charge on any atom is 0.242 e. The van der Waals surface area contributed by atoms with Crippen LogP contribution < -0.4 is 5.32 Å². The van der Waals surface area contributed by atoms with Crippen LogP contribution in [0, 0.1) is 5.41 Å². The molecule has 0 radical (unpaired) electrons. The summed E-state index contributed by atoms with van der Waals surface area (Å²) in [6.07, 6.45) is 6.22. The van der Waals surface area contributed by atoms with Gasteiger partial charge in [-0.05, 0) is 32.6 Å². The average molecular weight is 336 g/mol. The van der Waals surface area contributed by atoms with E-state index in [0.29, 0.717) is 19.1 Å². The number of carbonyl (C=O) groups excluding carboxylic acids is 1. The molecule has 3 fully saturated rings. The Morgan fingerprint density at radius 2 is 2.12 bits per heavy atom. The van der Waals surface area contributed by atoms with Crippen LogP contribution in [-0.2, 0) is 4.79 Å². The van der Waals surface area contributed by atoms with E-state index in [0.717, 1.165) is 64.1 Å². The molecule has 1 heterocycles. The van der Waals surface area contributed by atoms with Gasteiger partial charge in [0.05, 0.1) is 19.2 Å². The molecular weight excluding hydrogens is 304 g/mol. The number of guanidine groups is 1. The van der Waals surface area contributed by atoms with Crippen LogP contribution in [0.3, 0.4) is 0 Å². The maximum absolute atomic E-state index is 12.4. The number of amides is 1. The smallest absolute Gasteiger partial charge is 0.242 e. The predicted octanol–water partition coefficient (Wildman–Crippen LogP) is 1.20. The van der Waals surface area contributed by atoms with Crippen molar-refractivity contribution in [3.8, 4) is 0 Å². The van der Waals surface area contributed by atoms with Crippen molar-refractivity contribution < 1.29 is 9.90 Å². The number of carbonyl (C=O) groups is 1. The van der Waals surface area contributed by atoms with E-state index < -0.39 is 0 Å². The lowest BCUT2D eigenvalue weighted by Crippen LogP contribution is -2.56. The molecule has 3 aliphatic rings. The number of aliphatic hydroxyl groups excluding tert-OH is 1. The molecule has 2 aliphatic carbocycles. The first kappa shape index (κ1) is 17.5. The second-order valence-corrected chi connectivity index (χ2v) is 7.83. The van der Waals surface area contributed by atoms with Crippen LogP contribution in [0.1, 0.15) is 52.4 Å². The van der Waals surface area contributed by atoms with Gasteiger partial charge in [-0.15, -0.1) is 0 Å². The van der Waals surface area contributed by atoms with Crippen molar-refractivity contribution in [3.05, 3.63) is 0 Å². The van der Waals surface area contributed by atoms with Gasteiger partial charge in [0.1, 0.15) is 0 Å². The van der Waals surface area contributed by atoms with E-state index in [1.807, 2.05) is 4.90 Å². The molecule has 2 N–H and O–H groups in total. The largest absolute Gasteiger partial charge is 0.392 e. The summed E-state index contributed by atoms with van der Waals surface area (Å²) in [5.74, 6) is 1.04. The Morgan fingerprint density at radius 3 is 2.75 bits per heavy atom. The molecule has 0 spiro atoms. The van der Waals surface area contributed by atoms with E-state index in [1.54, 1.807) is 0 Å². The monoisotopic (exact) mass is 336 g/mol. The Bertz CT molecular complexity index is 491. The molecule has 2 atom stereocenters. The van der Waals surface area contributed by atoms with Gasteiger partial charge in [-0.3, -0.25) is 9.79 Å². The van der Waals surface area contributed by atoms with E-state index in [9.17, 15) is 9.90 Å². The molecule has 1 saturated heterocycles. The lowest BCUT2D eigenvalue weighted by atomic mass is 9.73. The second kappa shape index (κ2) is 7.30. The van der Waals surface area contributed by atoms with Crippen molar-refractivity contribution in [1.82, 2.24) is 15.1 Å². The highest BCUT2D eigenvalue weighted by molar-refractivity contribution is 5.88. The van der Waals surface area contributed by atoms with Gasteiger partial charge in [0.15, 0.2) is 5.96 Å². The number of piperazine rings is 1. The Kier molecular flexibility index (Phi) is 5.33. The highest BCUT2D eigenvalue weighted by Gasteiger charge is 2.37. The van der Waals surface area contributed by atoms with Crippen LogP contribution in [0.25, 0.3) is 0 Å². The molecule has 136 valence electrons. The summed E-state index contributed by atoms with van der Waals surface area (Å²) in [6.45, 7) is 7.65. The Morgan fingerprint density at radius 1 is 1.33 bits per heavy atom. The molecule has 6 nitrogen and oxygen atoms in total. The minimum absolute atomic E-state index is 0.140. The molecule has 3 rings (SSSR count). The van der Waals surface area contributed by atoms with Crippen molar-refractivity contribution in [2.45, 2.75) is 64.5 Å². The third-order valence-corrected chi connectivity index (χ3v) is 5.75. The van der Waals surface area contributed by atoms with Crippen molar-refractivity contribution in [2.24, 2.45) is 10.4 Å². The average Bonchev–Trinajstić information content (AvgIpc) is 3.39. The molecule has 6 heteroatoms. The van der Waals surface area contributed by atoms with E-state index in [4.69, 9.17) is 4.99 Å². The van der Waals surface area contributed by atoms with Gasteiger partial charge in [0.2, 0.25) is 5.91 Å². The SMILES string of the molecule is CCNC(=NCC1(C)CCCCC1O)N1CCN(C2CC2)C(=O)C1. The van der Waals surface area contributed by atoms with Gasteiger partial charge in [0, 0.05) is 31.1 Å². The number of hydrogen-bond acceptors (Lipinski definition) is 3. The fourth-order valence-corrected chi connectivity index (χ4v) is 3.89. The zero-order chi connectivity index (χ0) is 17.2. The number of hydrogen-bond donors (Lipinski definition) is 2. The third-order valence-electron chi connectivity index (χ3n) is 5.75. The van der Waals surface area contributed by atoms with Gasteiger partial charge >= 0.3 is 0 Å². The molecule has 0 aromatic rings. The number of rotatable bonds is 4. The maximum atomic E-state index is 12.4. The first-order valence-corrected chi connectivity index (χ1v) is 9.54. The molecular formula is C18H32N4O2. The molecule has 0 aromatic heterocycles. The van der Waals surface area contributed by atoms with Gasteiger partial charge in [-0.1, -0.05) is 19.8 Å². The predicted molar refractivity (Wildman–Crippen MR) is 94.9 cm³/mol. The summed E-state index contributed by atoms with van der Waals surface area (Å²) < 4.78 is 0. The summed E-state index contributed by atoms with van der Waals surface area (Å²) in [6, 6.07) is 0.496. The van der Waals surface area contributed by atoms with Gasteiger partial charge in [0.25, 0.3) is 0 Å². The fraction of sp³-hybridized carbons (Fsp3) is 0.889. The second-order valence-electron chi connectivity index (χ2n) is 7.83. The topological polar surface area (TPSA) is 68.2 Å². The van der Waals surface area contributed by atoms with Crippen molar-refractivity contribution in [1.29, 1.82) is 0 Å². The number of aliphatic imine (C=N–C) groups is 1. The molecule has 2 unspecified atom stereocenters. The van der Waals surface area contributed by atoms with Gasteiger partial charge < -0.3 is 20.2 Å². The quantitative estimate of drug-likeness (QED) is 0.598. The molecule has 24 heavy (non-hydrogen) atoms. The molecule has 1 amide bonds. The Labute approximate surface area is 145 Å². The summed E-state index contributed by atoms with van der Waals surface area (Å²) in [4.78, 5) is 21.3. The van der Waals surface area contributed by atoms with Crippen molar-refractivity contribution >= 4 is 11.9 Å². The summed E-state index contributed by atoms with van der Waals surface area (Å²) >= 11 is 0. The van der Waals surface area contributed by atoms with Crippen LogP contribution in [0.15, 0.2) is 4.99 Å². The highest BCUT2D eigenvalue weighted by Crippen LogP contribution is 2.36. The van der Waals surface area contributed by atoms with Crippen LogP contribution in [0.4, 0.5) is 0 Å². The lowest BCUT2D eigenvalue weighted by Gasteiger charge is -2.39. The van der Waals surface area contributed by atoms with Crippen LogP contribution in [0.2, 0.25) is 0 Å². The summed E-state index contributed by atoms with van der Waals surface area (Å²) in [5, 5.41) is 13.7. The van der Waals surface area contributed by atoms with Gasteiger partial charge in [-0.2, -0.15) is 0 Å². The third kappa shape index (κ3) is 3.85. The first-order chi connectivity index (χ1) is 11.5. The van der Waals surface area contributed by atoms with E-state index in [-0.39, 0.29) is 17.4 Å². The standard InChI is InChI=1S/C18H32N4O2/c1-3-19-17(20-13-18(2)9-5-4-6-15(18)23)21-10-11-22(14-7-8-14)16(24)12-21/h14-15,23H,3-13H2,1-2H3,(H,19,20). The minimum Gasteiger partial charge on any atom is -0.392 e. The molecule has 1 aliphatic heterocycles. The summed E-state index contributed by atoms with van der Waals surface area (Å²) in [7, 11) is 0. The lowest BCUT2D eigenvalue weighted by molar-refractivity contribution is -0.135. The molecule has 0 bridgehead atoms. The van der Waals surface area contributed by atoms with E-state index >= 15 is 0 Å². The van der Waals surface area contributed by atoms with Gasteiger partial charge in [-0.25, -0.2) is 0 Å².